The van der Waals surface area contributed by atoms with Crippen molar-refractivity contribution in [1.82, 2.24) is 0 Å². The zero-order chi connectivity index (χ0) is 13.0. The molecule has 0 saturated heterocycles. The molecular formula is C15H15NO2. The highest BCUT2D eigenvalue weighted by Crippen LogP contribution is 2.19. The summed E-state index contributed by atoms with van der Waals surface area (Å²) < 4.78 is 0. The number of phenolic OH excluding ortho intramolecular Hbond substituents is 1. The van der Waals surface area contributed by atoms with Gasteiger partial charge in [0, 0.05) is 5.69 Å². The van der Waals surface area contributed by atoms with Crippen LogP contribution in [0.5, 0.6) is 5.75 Å². The van der Waals surface area contributed by atoms with Crippen molar-refractivity contribution in [1.29, 1.82) is 0 Å². The molecule has 0 aromatic heterocycles. The zero-order valence-corrected chi connectivity index (χ0v) is 10.1. The topological polar surface area (TPSA) is 49.3 Å². The van der Waals surface area contributed by atoms with E-state index >= 15 is 0 Å². The van der Waals surface area contributed by atoms with Gasteiger partial charge < -0.3 is 10.4 Å². The standard InChI is InChI=1S/C15H15NO2/c1-11(12-5-3-2-4-6-12)15(18)16-13-7-9-14(17)10-8-13/h2-11,17H,1H3,(H,16,18)/t11-/m0/s1. The Morgan fingerprint density at radius 2 is 1.67 bits per heavy atom. The molecule has 2 N–H and O–H groups in total. The van der Waals surface area contributed by atoms with Gasteiger partial charge in [-0.1, -0.05) is 30.3 Å². The lowest BCUT2D eigenvalue weighted by Gasteiger charge is -2.12. The third-order valence-corrected chi connectivity index (χ3v) is 2.83. The first-order valence-electron chi connectivity index (χ1n) is 5.81. The summed E-state index contributed by atoms with van der Waals surface area (Å²) in [5, 5.41) is 12.0. The van der Waals surface area contributed by atoms with E-state index in [0.717, 1.165) is 5.56 Å². The number of aromatic hydroxyl groups is 1. The van der Waals surface area contributed by atoms with Gasteiger partial charge in [0.1, 0.15) is 5.75 Å². The lowest BCUT2D eigenvalue weighted by molar-refractivity contribution is -0.117. The summed E-state index contributed by atoms with van der Waals surface area (Å²) in [6.07, 6.45) is 0. The maximum Gasteiger partial charge on any atom is 0.231 e. The molecule has 0 heterocycles. The molecule has 0 saturated carbocycles. The van der Waals surface area contributed by atoms with Gasteiger partial charge in [0.25, 0.3) is 0 Å². The van der Waals surface area contributed by atoms with E-state index in [-0.39, 0.29) is 17.6 Å². The molecule has 0 aliphatic carbocycles. The minimum Gasteiger partial charge on any atom is -0.508 e. The minimum absolute atomic E-state index is 0.0631. The van der Waals surface area contributed by atoms with Crippen LogP contribution in [0.15, 0.2) is 54.6 Å². The number of nitrogens with one attached hydrogen (secondary N) is 1. The Balaban J connectivity index is 2.06. The van der Waals surface area contributed by atoms with Gasteiger partial charge in [-0.15, -0.1) is 0 Å². The molecule has 2 rings (SSSR count). The van der Waals surface area contributed by atoms with Gasteiger partial charge in [-0.05, 0) is 36.8 Å². The number of hydrogen-bond donors (Lipinski definition) is 2. The summed E-state index contributed by atoms with van der Waals surface area (Å²) in [6.45, 7) is 1.87. The Morgan fingerprint density at radius 1 is 1.06 bits per heavy atom. The molecule has 1 amide bonds. The second-order valence-electron chi connectivity index (χ2n) is 4.17. The first-order chi connectivity index (χ1) is 8.66. The zero-order valence-electron chi connectivity index (χ0n) is 10.1. The van der Waals surface area contributed by atoms with Gasteiger partial charge in [0.15, 0.2) is 0 Å². The van der Waals surface area contributed by atoms with Crippen LogP contribution >= 0.6 is 0 Å². The van der Waals surface area contributed by atoms with Crippen LogP contribution in [-0.2, 0) is 4.79 Å². The molecule has 0 spiro atoms. The van der Waals surface area contributed by atoms with Crippen molar-refractivity contribution >= 4 is 11.6 Å². The average molecular weight is 241 g/mol. The molecule has 0 aliphatic heterocycles. The van der Waals surface area contributed by atoms with E-state index in [1.807, 2.05) is 37.3 Å². The summed E-state index contributed by atoms with van der Waals surface area (Å²) in [5.41, 5.74) is 1.66. The Hall–Kier alpha value is -2.29. The van der Waals surface area contributed by atoms with Crippen molar-refractivity contribution < 1.29 is 9.90 Å². The summed E-state index contributed by atoms with van der Waals surface area (Å²) in [4.78, 5) is 12.0. The normalized spacial score (nSPS) is 11.8. The molecule has 0 bridgehead atoms. The fraction of sp³-hybridized carbons (Fsp3) is 0.133. The lowest BCUT2D eigenvalue weighted by Crippen LogP contribution is -2.18. The van der Waals surface area contributed by atoms with E-state index in [1.54, 1.807) is 24.3 Å². The van der Waals surface area contributed by atoms with Crippen molar-refractivity contribution in [2.24, 2.45) is 0 Å². The van der Waals surface area contributed by atoms with Crippen LogP contribution < -0.4 is 5.32 Å². The SMILES string of the molecule is C[C@H](C(=O)Nc1ccc(O)cc1)c1ccccc1. The molecule has 18 heavy (non-hydrogen) atoms. The van der Waals surface area contributed by atoms with Gasteiger partial charge in [-0.3, -0.25) is 4.79 Å². The molecule has 92 valence electrons. The van der Waals surface area contributed by atoms with Crippen LogP contribution in [0.25, 0.3) is 0 Å². The molecule has 0 aliphatic rings. The first-order valence-corrected chi connectivity index (χ1v) is 5.81. The highest BCUT2D eigenvalue weighted by molar-refractivity contribution is 5.95. The Labute approximate surface area is 106 Å². The maximum atomic E-state index is 12.0. The van der Waals surface area contributed by atoms with Crippen LogP contribution in [0.4, 0.5) is 5.69 Å². The highest BCUT2D eigenvalue weighted by Gasteiger charge is 2.14. The molecule has 0 fully saturated rings. The van der Waals surface area contributed by atoms with Crippen molar-refractivity contribution in [3.05, 3.63) is 60.2 Å². The quantitative estimate of drug-likeness (QED) is 0.811. The molecule has 0 unspecified atom stereocenters. The Morgan fingerprint density at radius 3 is 2.28 bits per heavy atom. The molecule has 2 aromatic carbocycles. The summed E-state index contributed by atoms with van der Waals surface area (Å²) >= 11 is 0. The van der Waals surface area contributed by atoms with Gasteiger partial charge in [-0.2, -0.15) is 0 Å². The van der Waals surface area contributed by atoms with Crippen LogP contribution in [0, 0.1) is 0 Å². The average Bonchev–Trinajstić information content (AvgIpc) is 2.41. The van der Waals surface area contributed by atoms with Crippen molar-refractivity contribution in [2.75, 3.05) is 5.32 Å². The summed E-state index contributed by atoms with van der Waals surface area (Å²) in [5.74, 6) is -0.0870. The smallest absolute Gasteiger partial charge is 0.231 e. The van der Waals surface area contributed by atoms with E-state index in [0.29, 0.717) is 5.69 Å². The van der Waals surface area contributed by atoms with Crippen molar-refractivity contribution in [3.63, 3.8) is 0 Å². The Bertz CT molecular complexity index is 520. The fourth-order valence-corrected chi connectivity index (χ4v) is 1.69. The third kappa shape index (κ3) is 2.88. The molecule has 0 radical (unpaired) electrons. The number of carbonyl (C=O) groups excluding carboxylic acids is 1. The fourth-order valence-electron chi connectivity index (χ4n) is 1.69. The number of amides is 1. The van der Waals surface area contributed by atoms with E-state index in [2.05, 4.69) is 5.32 Å². The number of hydrogen-bond acceptors (Lipinski definition) is 2. The van der Waals surface area contributed by atoms with Gasteiger partial charge in [-0.25, -0.2) is 0 Å². The van der Waals surface area contributed by atoms with Gasteiger partial charge in [0.05, 0.1) is 5.92 Å². The second-order valence-corrected chi connectivity index (χ2v) is 4.17. The number of phenols is 1. The summed E-state index contributed by atoms with van der Waals surface area (Å²) in [7, 11) is 0. The third-order valence-electron chi connectivity index (χ3n) is 2.83. The number of anilines is 1. The van der Waals surface area contributed by atoms with Crippen LogP contribution in [0.1, 0.15) is 18.4 Å². The molecule has 1 atom stereocenters. The largest absolute Gasteiger partial charge is 0.508 e. The summed E-state index contributed by atoms with van der Waals surface area (Å²) in [6, 6.07) is 16.1. The highest BCUT2D eigenvalue weighted by atomic mass is 16.3. The molecule has 3 heteroatoms. The number of benzene rings is 2. The Kier molecular flexibility index (Phi) is 3.63. The van der Waals surface area contributed by atoms with E-state index in [9.17, 15) is 4.79 Å². The first kappa shape index (κ1) is 12.2. The second kappa shape index (κ2) is 5.36. The van der Waals surface area contributed by atoms with Gasteiger partial charge in [0.2, 0.25) is 5.91 Å². The number of rotatable bonds is 3. The van der Waals surface area contributed by atoms with Gasteiger partial charge >= 0.3 is 0 Å². The van der Waals surface area contributed by atoms with Crippen LogP contribution in [0.2, 0.25) is 0 Å². The molecule has 3 nitrogen and oxygen atoms in total. The van der Waals surface area contributed by atoms with E-state index < -0.39 is 0 Å². The van der Waals surface area contributed by atoms with E-state index in [4.69, 9.17) is 5.11 Å². The predicted molar refractivity (Wildman–Crippen MR) is 71.6 cm³/mol. The maximum absolute atomic E-state index is 12.0. The minimum atomic E-state index is -0.208. The predicted octanol–water partition coefficient (Wildman–Crippen LogP) is 3.13. The van der Waals surface area contributed by atoms with E-state index in [1.165, 1.54) is 0 Å². The molecular weight excluding hydrogens is 226 g/mol. The van der Waals surface area contributed by atoms with Crippen molar-refractivity contribution in [3.8, 4) is 5.75 Å². The monoisotopic (exact) mass is 241 g/mol. The van der Waals surface area contributed by atoms with Crippen molar-refractivity contribution in [2.45, 2.75) is 12.8 Å². The van der Waals surface area contributed by atoms with Crippen LogP contribution in [-0.4, -0.2) is 11.0 Å². The van der Waals surface area contributed by atoms with Crippen LogP contribution in [0.3, 0.4) is 0 Å². The molecule has 2 aromatic rings. The number of carbonyl (C=O) groups is 1. The lowest BCUT2D eigenvalue weighted by atomic mass is 10.0.